The molecule has 0 aliphatic heterocycles. The number of rotatable bonds is 3. The smallest absolute Gasteiger partial charge is 0.258 e. The number of halogens is 2. The molecule has 7 heteroatoms. The Morgan fingerprint density at radius 2 is 2.31 bits per heavy atom. The van der Waals surface area contributed by atoms with Gasteiger partial charge in [0.25, 0.3) is 5.91 Å². The van der Waals surface area contributed by atoms with Crippen molar-refractivity contribution in [2.45, 2.75) is 6.04 Å². The molecule has 0 saturated heterocycles. The van der Waals surface area contributed by atoms with Crippen LogP contribution in [0.1, 0.15) is 0 Å². The molecular formula is C9H6ClFN4O. The molecule has 1 aromatic rings. The quantitative estimate of drug-likeness (QED) is 0.818. The molecule has 5 nitrogen and oxygen atoms in total. The van der Waals surface area contributed by atoms with Gasteiger partial charge in [0, 0.05) is 5.02 Å². The number of azo groups is 1. The van der Waals surface area contributed by atoms with Crippen LogP contribution in [0.25, 0.3) is 0 Å². The summed E-state index contributed by atoms with van der Waals surface area (Å²) >= 11 is 5.60. The monoisotopic (exact) mass is 240 g/mol. The molecule has 1 amide bonds. The minimum atomic E-state index is -1.43. The Morgan fingerprint density at radius 1 is 1.62 bits per heavy atom. The van der Waals surface area contributed by atoms with Crippen LogP contribution in [0, 0.1) is 17.1 Å². The van der Waals surface area contributed by atoms with Gasteiger partial charge in [-0.05, 0) is 18.2 Å². The van der Waals surface area contributed by atoms with Gasteiger partial charge in [-0.2, -0.15) is 15.5 Å². The van der Waals surface area contributed by atoms with Gasteiger partial charge >= 0.3 is 0 Å². The molecule has 0 fully saturated rings. The number of primary amides is 1. The van der Waals surface area contributed by atoms with E-state index in [2.05, 4.69) is 10.2 Å². The molecule has 1 atom stereocenters. The molecule has 0 aliphatic rings. The fraction of sp³-hybridized carbons (Fsp3) is 0.111. The van der Waals surface area contributed by atoms with Crippen LogP contribution in [0.4, 0.5) is 10.1 Å². The predicted molar refractivity (Wildman–Crippen MR) is 54.5 cm³/mol. The normalized spacial score (nSPS) is 12.3. The van der Waals surface area contributed by atoms with Gasteiger partial charge in [-0.3, -0.25) is 4.79 Å². The largest absolute Gasteiger partial charge is 0.367 e. The molecule has 0 heterocycles. The van der Waals surface area contributed by atoms with Gasteiger partial charge in [-0.1, -0.05) is 11.6 Å². The van der Waals surface area contributed by atoms with Crippen molar-refractivity contribution >= 4 is 23.2 Å². The summed E-state index contributed by atoms with van der Waals surface area (Å²) in [6.07, 6.45) is 0. The van der Waals surface area contributed by atoms with E-state index in [4.69, 9.17) is 22.6 Å². The summed E-state index contributed by atoms with van der Waals surface area (Å²) in [6, 6.07) is 3.74. The number of nitriles is 1. The number of nitrogens with zero attached hydrogens (tertiary/aromatic N) is 3. The number of benzene rings is 1. The van der Waals surface area contributed by atoms with Gasteiger partial charge in [0.05, 0.1) is 0 Å². The fourth-order valence-corrected chi connectivity index (χ4v) is 0.995. The summed E-state index contributed by atoms with van der Waals surface area (Å²) in [7, 11) is 0. The van der Waals surface area contributed by atoms with Gasteiger partial charge in [-0.15, -0.1) is 0 Å². The van der Waals surface area contributed by atoms with Crippen LogP contribution in [0.15, 0.2) is 28.4 Å². The van der Waals surface area contributed by atoms with Gasteiger partial charge < -0.3 is 5.73 Å². The second-order valence-electron chi connectivity index (χ2n) is 2.75. The van der Waals surface area contributed by atoms with Crippen molar-refractivity contribution in [3.8, 4) is 6.07 Å². The van der Waals surface area contributed by atoms with Gasteiger partial charge in [-0.25, -0.2) is 4.39 Å². The summed E-state index contributed by atoms with van der Waals surface area (Å²) in [5, 5.41) is 15.4. The van der Waals surface area contributed by atoms with E-state index < -0.39 is 17.8 Å². The van der Waals surface area contributed by atoms with Crippen molar-refractivity contribution in [3.63, 3.8) is 0 Å². The highest BCUT2D eigenvalue weighted by atomic mass is 35.5. The zero-order valence-corrected chi connectivity index (χ0v) is 8.65. The van der Waals surface area contributed by atoms with E-state index in [1.54, 1.807) is 0 Å². The molecule has 0 spiro atoms. The molecule has 1 unspecified atom stereocenters. The topological polar surface area (TPSA) is 91.6 Å². The number of nitrogens with two attached hydrogens (primary N) is 1. The lowest BCUT2D eigenvalue weighted by molar-refractivity contribution is -0.118. The highest BCUT2D eigenvalue weighted by molar-refractivity contribution is 6.30. The lowest BCUT2D eigenvalue weighted by Gasteiger charge is -1.97. The first-order valence-electron chi connectivity index (χ1n) is 4.09. The van der Waals surface area contributed by atoms with E-state index in [0.29, 0.717) is 0 Å². The minimum Gasteiger partial charge on any atom is -0.367 e. The van der Waals surface area contributed by atoms with Crippen LogP contribution in [0.2, 0.25) is 5.02 Å². The van der Waals surface area contributed by atoms with Gasteiger partial charge in [0.15, 0.2) is 5.82 Å². The third-order valence-electron chi connectivity index (χ3n) is 1.58. The molecule has 0 aliphatic carbocycles. The molecular weight excluding hydrogens is 235 g/mol. The maximum atomic E-state index is 13.1. The Morgan fingerprint density at radius 3 is 2.88 bits per heavy atom. The van der Waals surface area contributed by atoms with Crippen LogP contribution in [0.3, 0.4) is 0 Å². The van der Waals surface area contributed by atoms with Crippen molar-refractivity contribution in [1.82, 2.24) is 0 Å². The van der Waals surface area contributed by atoms with Crippen LogP contribution in [0.5, 0.6) is 0 Å². The first kappa shape index (κ1) is 12.1. The second kappa shape index (κ2) is 5.19. The van der Waals surface area contributed by atoms with Crippen molar-refractivity contribution in [2.24, 2.45) is 16.0 Å². The maximum absolute atomic E-state index is 13.1. The predicted octanol–water partition coefficient (Wildman–Crippen LogP) is 1.94. The zero-order chi connectivity index (χ0) is 12.1. The zero-order valence-electron chi connectivity index (χ0n) is 7.89. The lowest BCUT2D eigenvalue weighted by Crippen LogP contribution is -2.24. The lowest BCUT2D eigenvalue weighted by atomic mass is 10.3. The first-order chi connectivity index (χ1) is 7.54. The van der Waals surface area contributed by atoms with E-state index >= 15 is 0 Å². The molecule has 82 valence electrons. The molecule has 0 aromatic heterocycles. The van der Waals surface area contributed by atoms with Crippen LogP contribution in [-0.2, 0) is 4.79 Å². The number of carbonyl (C=O) groups is 1. The Balaban J connectivity index is 2.96. The molecule has 0 radical (unpaired) electrons. The number of hydrogen-bond acceptors (Lipinski definition) is 4. The van der Waals surface area contributed by atoms with E-state index in [9.17, 15) is 9.18 Å². The summed E-state index contributed by atoms with van der Waals surface area (Å²) in [4.78, 5) is 10.6. The highest BCUT2D eigenvalue weighted by Crippen LogP contribution is 2.22. The first-order valence-corrected chi connectivity index (χ1v) is 4.47. The van der Waals surface area contributed by atoms with Gasteiger partial charge in [0.1, 0.15) is 11.8 Å². The van der Waals surface area contributed by atoms with Crippen molar-refractivity contribution < 1.29 is 9.18 Å². The minimum absolute atomic E-state index is 0.158. The van der Waals surface area contributed by atoms with E-state index in [1.807, 2.05) is 0 Å². The Labute approximate surface area is 95.3 Å². The summed E-state index contributed by atoms with van der Waals surface area (Å²) < 4.78 is 13.1. The highest BCUT2D eigenvalue weighted by Gasteiger charge is 2.12. The SMILES string of the molecule is N#CC(N=Nc1cc(Cl)ccc1F)C(N)=O. The van der Waals surface area contributed by atoms with Crippen LogP contribution in [-0.4, -0.2) is 11.9 Å². The average Bonchev–Trinajstić information content (AvgIpc) is 2.23. The molecule has 1 aromatic carbocycles. The van der Waals surface area contributed by atoms with Gasteiger partial charge in [0.2, 0.25) is 6.04 Å². The number of hydrogen-bond donors (Lipinski definition) is 1. The Hall–Kier alpha value is -2.00. The molecule has 0 bridgehead atoms. The van der Waals surface area contributed by atoms with E-state index in [-0.39, 0.29) is 10.7 Å². The standard InChI is InChI=1S/C9H6ClFN4O/c10-5-1-2-6(11)7(3-5)14-15-8(4-12)9(13)16/h1-3,8H,(H2,13,16). The van der Waals surface area contributed by atoms with E-state index in [0.717, 1.165) is 6.07 Å². The van der Waals surface area contributed by atoms with Crippen LogP contribution < -0.4 is 5.73 Å². The molecule has 16 heavy (non-hydrogen) atoms. The summed E-state index contributed by atoms with van der Waals surface area (Å²) in [6.45, 7) is 0. The van der Waals surface area contributed by atoms with Crippen molar-refractivity contribution in [3.05, 3.63) is 29.0 Å². The molecule has 0 saturated carbocycles. The average molecular weight is 241 g/mol. The fourth-order valence-electron chi connectivity index (χ4n) is 0.829. The maximum Gasteiger partial charge on any atom is 0.258 e. The van der Waals surface area contributed by atoms with Crippen molar-refractivity contribution in [2.75, 3.05) is 0 Å². The summed E-state index contributed by atoms with van der Waals surface area (Å²) in [5.74, 6) is -1.61. The Bertz CT molecular complexity index is 483. The van der Waals surface area contributed by atoms with E-state index in [1.165, 1.54) is 18.2 Å². The number of amides is 1. The Kier molecular flexibility index (Phi) is 3.91. The van der Waals surface area contributed by atoms with Crippen molar-refractivity contribution in [1.29, 1.82) is 5.26 Å². The summed E-state index contributed by atoms with van der Waals surface area (Å²) in [5.41, 5.74) is 4.69. The third-order valence-corrected chi connectivity index (χ3v) is 1.82. The number of carbonyl (C=O) groups excluding carboxylic acids is 1. The molecule has 1 rings (SSSR count). The molecule has 2 N–H and O–H groups in total. The second-order valence-corrected chi connectivity index (χ2v) is 3.18. The third kappa shape index (κ3) is 3.00. The van der Waals surface area contributed by atoms with Crippen LogP contribution >= 0.6 is 11.6 Å².